The van der Waals surface area contributed by atoms with Gasteiger partial charge in [-0.05, 0) is 56.3 Å². The van der Waals surface area contributed by atoms with E-state index in [1.807, 2.05) is 68.4 Å². The van der Waals surface area contributed by atoms with Crippen LogP contribution in [-0.4, -0.2) is 29.4 Å². The number of non-ortho nitro benzene ring substituents is 1. The predicted octanol–water partition coefficient (Wildman–Crippen LogP) is 4.94. The zero-order valence-corrected chi connectivity index (χ0v) is 17.7. The van der Waals surface area contributed by atoms with Crippen LogP contribution in [0.4, 0.5) is 22.7 Å². The molecule has 3 aromatic rings. The van der Waals surface area contributed by atoms with Crippen LogP contribution in [0.3, 0.4) is 0 Å². The highest BCUT2D eigenvalue weighted by Gasteiger charge is 2.21. The van der Waals surface area contributed by atoms with E-state index in [1.54, 1.807) is 0 Å². The van der Waals surface area contributed by atoms with Crippen molar-refractivity contribution >= 4 is 34.6 Å². The molecule has 3 aromatic carbocycles. The third kappa shape index (κ3) is 5.69. The first kappa shape index (κ1) is 22.5. The molecule has 0 aliphatic heterocycles. The predicted molar refractivity (Wildman–Crippen MR) is 122 cm³/mol. The van der Waals surface area contributed by atoms with Crippen molar-refractivity contribution in [2.24, 2.45) is 0 Å². The van der Waals surface area contributed by atoms with Crippen LogP contribution >= 0.6 is 0 Å². The summed E-state index contributed by atoms with van der Waals surface area (Å²) in [6, 6.07) is 22.1. The van der Waals surface area contributed by atoms with E-state index in [0.717, 1.165) is 17.4 Å². The average molecular weight is 433 g/mol. The van der Waals surface area contributed by atoms with Crippen molar-refractivity contribution in [1.82, 2.24) is 0 Å². The molecular formula is C24H23N3O5. The van der Waals surface area contributed by atoms with Crippen LogP contribution in [0.1, 0.15) is 24.2 Å². The number of para-hydroxylation sites is 1. The number of benzene rings is 3. The van der Waals surface area contributed by atoms with Gasteiger partial charge in [-0.1, -0.05) is 24.3 Å². The van der Waals surface area contributed by atoms with Crippen LogP contribution in [0.15, 0.2) is 78.9 Å². The number of nitrogens with one attached hydrogen (secondary N) is 1. The normalized spacial score (nSPS) is 10.5. The summed E-state index contributed by atoms with van der Waals surface area (Å²) >= 11 is 0. The highest BCUT2D eigenvalue weighted by Crippen LogP contribution is 2.23. The van der Waals surface area contributed by atoms with Gasteiger partial charge in [0.25, 0.3) is 11.6 Å². The van der Waals surface area contributed by atoms with E-state index in [2.05, 4.69) is 5.32 Å². The molecule has 0 unspecified atom stereocenters. The smallest absolute Gasteiger partial charge is 0.338 e. The van der Waals surface area contributed by atoms with Crippen molar-refractivity contribution in [3.05, 3.63) is 94.5 Å². The zero-order chi connectivity index (χ0) is 23.1. The Morgan fingerprint density at radius 3 is 2.25 bits per heavy atom. The first-order valence-corrected chi connectivity index (χ1v) is 10.0. The molecule has 0 saturated heterocycles. The minimum atomic E-state index is -0.798. The van der Waals surface area contributed by atoms with Gasteiger partial charge >= 0.3 is 5.97 Å². The van der Waals surface area contributed by atoms with Gasteiger partial charge in [-0.25, -0.2) is 4.79 Å². The number of anilines is 3. The van der Waals surface area contributed by atoms with Crippen molar-refractivity contribution < 1.29 is 19.2 Å². The zero-order valence-electron chi connectivity index (χ0n) is 17.7. The van der Waals surface area contributed by atoms with Gasteiger partial charge in [-0.3, -0.25) is 14.9 Å². The van der Waals surface area contributed by atoms with Crippen molar-refractivity contribution in [2.75, 3.05) is 16.8 Å². The van der Waals surface area contributed by atoms with Gasteiger partial charge in [0, 0.05) is 35.2 Å². The second-order valence-corrected chi connectivity index (χ2v) is 7.28. The molecule has 1 amide bonds. The Hall–Kier alpha value is -4.20. The van der Waals surface area contributed by atoms with Crippen LogP contribution in [0.2, 0.25) is 0 Å². The number of rotatable bonds is 8. The van der Waals surface area contributed by atoms with Crippen molar-refractivity contribution in [1.29, 1.82) is 0 Å². The lowest BCUT2D eigenvalue weighted by molar-refractivity contribution is -0.384. The Labute approximate surface area is 185 Å². The summed E-state index contributed by atoms with van der Waals surface area (Å²) in [5.74, 6) is -1.20. The summed E-state index contributed by atoms with van der Waals surface area (Å²) < 4.78 is 5.11. The van der Waals surface area contributed by atoms with Crippen molar-refractivity contribution in [3.63, 3.8) is 0 Å². The summed E-state index contributed by atoms with van der Waals surface area (Å²) in [7, 11) is 0. The van der Waals surface area contributed by atoms with Crippen molar-refractivity contribution in [2.45, 2.75) is 19.9 Å². The number of carbonyl (C=O) groups excluding carboxylic acids is 2. The lowest BCUT2D eigenvalue weighted by Crippen LogP contribution is -2.39. The minimum absolute atomic E-state index is 0.0134. The Morgan fingerprint density at radius 1 is 0.969 bits per heavy atom. The fourth-order valence-corrected chi connectivity index (χ4v) is 3.15. The van der Waals surface area contributed by atoms with Crippen molar-refractivity contribution in [3.8, 4) is 0 Å². The first-order chi connectivity index (χ1) is 15.3. The summed E-state index contributed by atoms with van der Waals surface area (Å²) in [5, 5.41) is 14.2. The Kier molecular flexibility index (Phi) is 7.17. The molecule has 0 bridgehead atoms. The number of amides is 1. The molecule has 3 rings (SSSR count). The van der Waals surface area contributed by atoms with Gasteiger partial charge in [0.15, 0.2) is 6.61 Å². The second kappa shape index (κ2) is 10.2. The second-order valence-electron chi connectivity index (χ2n) is 7.28. The van der Waals surface area contributed by atoms with E-state index in [1.165, 1.54) is 23.1 Å². The topological polar surface area (TPSA) is 102 Å². The number of hydrogen-bond acceptors (Lipinski definition) is 6. The third-order valence-electron chi connectivity index (χ3n) is 4.61. The Morgan fingerprint density at radius 2 is 1.62 bits per heavy atom. The molecule has 0 aliphatic carbocycles. The highest BCUT2D eigenvalue weighted by atomic mass is 16.6. The summed E-state index contributed by atoms with van der Waals surface area (Å²) in [5.41, 5.74) is 2.27. The maximum atomic E-state index is 12.8. The van der Waals surface area contributed by atoms with Gasteiger partial charge in [0.2, 0.25) is 0 Å². The largest absolute Gasteiger partial charge is 0.452 e. The number of carbonyl (C=O) groups is 2. The molecule has 164 valence electrons. The van der Waals surface area contributed by atoms with Gasteiger partial charge in [0.1, 0.15) is 0 Å². The molecule has 0 heterocycles. The number of nitrogens with zero attached hydrogens (tertiary/aromatic N) is 2. The van der Waals surface area contributed by atoms with E-state index in [9.17, 15) is 19.7 Å². The fourth-order valence-electron chi connectivity index (χ4n) is 3.15. The molecule has 0 spiro atoms. The number of nitro groups is 1. The molecule has 0 aromatic heterocycles. The lowest BCUT2D eigenvalue weighted by Gasteiger charge is -2.27. The van der Waals surface area contributed by atoms with Crippen LogP contribution < -0.4 is 10.2 Å². The molecule has 0 aliphatic rings. The summed E-state index contributed by atoms with van der Waals surface area (Å²) in [6.45, 7) is 3.23. The van der Waals surface area contributed by atoms with E-state index < -0.39 is 23.4 Å². The van der Waals surface area contributed by atoms with Crippen LogP contribution in [-0.2, 0) is 9.53 Å². The van der Waals surface area contributed by atoms with Gasteiger partial charge in [-0.2, -0.15) is 0 Å². The van der Waals surface area contributed by atoms with E-state index in [4.69, 9.17) is 4.74 Å². The highest BCUT2D eigenvalue weighted by molar-refractivity contribution is 5.97. The lowest BCUT2D eigenvalue weighted by atomic mass is 10.2. The summed E-state index contributed by atoms with van der Waals surface area (Å²) in [6.07, 6.45) is 0. The number of ether oxygens (including phenoxy) is 1. The van der Waals surface area contributed by atoms with E-state index >= 15 is 0 Å². The summed E-state index contributed by atoms with van der Waals surface area (Å²) in [4.78, 5) is 36.9. The maximum Gasteiger partial charge on any atom is 0.338 e. The van der Waals surface area contributed by atoms with E-state index in [-0.39, 0.29) is 17.3 Å². The molecule has 1 N–H and O–H groups in total. The van der Waals surface area contributed by atoms with Crippen LogP contribution in [0.25, 0.3) is 0 Å². The molecule has 8 heteroatoms. The maximum absolute atomic E-state index is 12.8. The molecular weight excluding hydrogens is 410 g/mol. The monoisotopic (exact) mass is 433 g/mol. The molecule has 0 radical (unpaired) electrons. The fraction of sp³-hybridized carbons (Fsp3) is 0.167. The standard InChI is InChI=1S/C24H23N3O5/c1-17(2)26(21-13-11-20(12-14-21)25-19-8-4-3-5-9-19)23(28)16-32-24(29)18-7-6-10-22(15-18)27(30)31/h3-15,17,25H,16H2,1-2H3. The van der Waals surface area contributed by atoms with Gasteiger partial charge in [-0.15, -0.1) is 0 Å². The SMILES string of the molecule is CC(C)N(C(=O)COC(=O)c1cccc([N+](=O)[O-])c1)c1ccc(Nc2ccccc2)cc1. The number of nitro benzene ring substituents is 1. The number of hydrogen-bond donors (Lipinski definition) is 1. The molecule has 32 heavy (non-hydrogen) atoms. The van der Waals surface area contributed by atoms with E-state index in [0.29, 0.717) is 5.69 Å². The average Bonchev–Trinajstić information content (AvgIpc) is 2.79. The number of esters is 1. The molecule has 8 nitrogen and oxygen atoms in total. The van der Waals surface area contributed by atoms with Crippen LogP contribution in [0, 0.1) is 10.1 Å². The first-order valence-electron chi connectivity index (χ1n) is 10.0. The quantitative estimate of drug-likeness (QED) is 0.307. The van der Waals surface area contributed by atoms with Crippen LogP contribution in [0.5, 0.6) is 0 Å². The van der Waals surface area contributed by atoms with Gasteiger partial charge < -0.3 is 15.0 Å². The molecule has 0 saturated carbocycles. The Balaban J connectivity index is 1.66. The minimum Gasteiger partial charge on any atom is -0.452 e. The molecule has 0 atom stereocenters. The van der Waals surface area contributed by atoms with Gasteiger partial charge in [0.05, 0.1) is 10.5 Å². The Bertz CT molecular complexity index is 1100. The third-order valence-corrected chi connectivity index (χ3v) is 4.61. The molecule has 0 fully saturated rings.